The fourth-order valence-corrected chi connectivity index (χ4v) is 3.92. The zero-order valence-corrected chi connectivity index (χ0v) is 25.6. The number of rotatable bonds is 31. The lowest BCUT2D eigenvalue weighted by molar-refractivity contribution is -0.0251. The summed E-state index contributed by atoms with van der Waals surface area (Å²) >= 11 is 3.29. The summed E-state index contributed by atoms with van der Waals surface area (Å²) in [6.07, 6.45) is 0. The molecule has 0 aromatic heterocycles. The average Bonchev–Trinajstić information content (AvgIpc) is 2.97. The van der Waals surface area contributed by atoms with Crippen molar-refractivity contribution in [3.05, 3.63) is 30.3 Å². The molecule has 0 aliphatic heterocycles. The van der Waals surface area contributed by atoms with Crippen molar-refractivity contribution < 1.29 is 55.2 Å². The second-order valence-electron chi connectivity index (χ2n) is 7.79. The molecule has 0 unspecified atom stereocenters. The van der Waals surface area contributed by atoms with Gasteiger partial charge < -0.3 is 42.6 Å². The summed E-state index contributed by atoms with van der Waals surface area (Å²) in [5, 5.41) is 0.831. The van der Waals surface area contributed by atoms with Gasteiger partial charge in [0.15, 0.2) is 0 Å². The van der Waals surface area contributed by atoms with Gasteiger partial charge >= 0.3 is 0 Å². The van der Waals surface area contributed by atoms with Gasteiger partial charge in [0, 0.05) is 5.33 Å². The average molecular weight is 662 g/mol. The standard InChI is InChI=1S/C26H45BrO12S/c27-6-7-30-8-9-31-10-11-32-12-13-33-14-15-34-16-17-35-18-19-36-20-21-37-22-23-38-24-25-39-40(28,29)26-4-2-1-3-5-26/h1-5H,6-25H2. The van der Waals surface area contributed by atoms with Crippen molar-refractivity contribution in [1.29, 1.82) is 0 Å². The minimum absolute atomic E-state index is 0.0546. The monoisotopic (exact) mass is 660 g/mol. The molecule has 0 atom stereocenters. The van der Waals surface area contributed by atoms with Crippen LogP contribution in [0.25, 0.3) is 0 Å². The van der Waals surface area contributed by atoms with Gasteiger partial charge in [-0.2, -0.15) is 8.42 Å². The molecular weight excluding hydrogens is 616 g/mol. The van der Waals surface area contributed by atoms with Crippen LogP contribution in [0.4, 0.5) is 0 Å². The fraction of sp³-hybridized carbons (Fsp3) is 0.769. The van der Waals surface area contributed by atoms with E-state index < -0.39 is 10.1 Å². The maximum atomic E-state index is 11.9. The predicted octanol–water partition coefficient (Wildman–Crippen LogP) is 1.94. The third-order valence-corrected chi connectivity index (χ3v) is 6.35. The van der Waals surface area contributed by atoms with E-state index >= 15 is 0 Å². The second-order valence-corrected chi connectivity index (χ2v) is 10.2. The van der Waals surface area contributed by atoms with Crippen LogP contribution in [0.15, 0.2) is 35.2 Å². The van der Waals surface area contributed by atoms with Crippen LogP contribution in [0.1, 0.15) is 0 Å². The minimum atomic E-state index is -3.75. The Bertz CT molecular complexity index is 757. The van der Waals surface area contributed by atoms with Crippen molar-refractivity contribution in [2.24, 2.45) is 0 Å². The number of hydrogen-bond acceptors (Lipinski definition) is 12. The highest BCUT2D eigenvalue weighted by Gasteiger charge is 2.13. The molecule has 0 N–H and O–H groups in total. The van der Waals surface area contributed by atoms with Gasteiger partial charge in [0.05, 0.1) is 130 Å². The van der Waals surface area contributed by atoms with Gasteiger partial charge in [-0.05, 0) is 12.1 Å². The summed E-state index contributed by atoms with van der Waals surface area (Å²) in [6.45, 7) is 8.55. The highest BCUT2D eigenvalue weighted by molar-refractivity contribution is 9.09. The maximum absolute atomic E-state index is 11.9. The summed E-state index contributed by atoms with van der Waals surface area (Å²) in [5.74, 6) is 0. The van der Waals surface area contributed by atoms with Gasteiger partial charge in [-0.3, -0.25) is 4.18 Å². The Balaban J connectivity index is 1.69. The molecule has 0 fully saturated rings. The van der Waals surface area contributed by atoms with Crippen molar-refractivity contribution in [2.45, 2.75) is 4.90 Å². The van der Waals surface area contributed by atoms with Crippen LogP contribution >= 0.6 is 15.9 Å². The largest absolute Gasteiger partial charge is 0.378 e. The van der Waals surface area contributed by atoms with Gasteiger partial charge in [0.2, 0.25) is 0 Å². The van der Waals surface area contributed by atoms with Crippen LogP contribution in [0.3, 0.4) is 0 Å². The van der Waals surface area contributed by atoms with Crippen molar-refractivity contribution in [3.8, 4) is 0 Å². The van der Waals surface area contributed by atoms with Gasteiger partial charge in [0.1, 0.15) is 0 Å². The molecule has 40 heavy (non-hydrogen) atoms. The predicted molar refractivity (Wildman–Crippen MR) is 151 cm³/mol. The molecule has 0 heterocycles. The maximum Gasteiger partial charge on any atom is 0.297 e. The Morgan fingerprint density at radius 3 is 1.00 bits per heavy atom. The van der Waals surface area contributed by atoms with Crippen molar-refractivity contribution >= 4 is 26.0 Å². The first kappa shape index (κ1) is 37.3. The lowest BCUT2D eigenvalue weighted by Crippen LogP contribution is -2.15. The first-order chi connectivity index (χ1) is 19.7. The van der Waals surface area contributed by atoms with E-state index in [4.69, 9.17) is 46.8 Å². The minimum Gasteiger partial charge on any atom is -0.378 e. The zero-order valence-electron chi connectivity index (χ0n) is 23.2. The van der Waals surface area contributed by atoms with E-state index in [1.165, 1.54) is 12.1 Å². The molecule has 1 rings (SSSR count). The van der Waals surface area contributed by atoms with Crippen LogP contribution in [0.2, 0.25) is 0 Å². The molecule has 0 amide bonds. The molecule has 0 aliphatic carbocycles. The quantitative estimate of drug-likeness (QED) is 0.0656. The topological polar surface area (TPSA) is 126 Å². The number of ether oxygens (including phenoxy) is 9. The van der Waals surface area contributed by atoms with E-state index in [2.05, 4.69) is 15.9 Å². The summed E-state index contributed by atoms with van der Waals surface area (Å²) in [6, 6.07) is 7.98. The van der Waals surface area contributed by atoms with Crippen molar-refractivity contribution in [1.82, 2.24) is 0 Å². The number of alkyl halides is 1. The van der Waals surface area contributed by atoms with Crippen LogP contribution in [-0.2, 0) is 56.9 Å². The first-order valence-corrected chi connectivity index (χ1v) is 15.9. The van der Waals surface area contributed by atoms with Gasteiger partial charge in [-0.15, -0.1) is 0 Å². The fourth-order valence-electron chi connectivity index (χ4n) is 2.77. The van der Waals surface area contributed by atoms with E-state index in [9.17, 15) is 8.42 Å². The molecule has 0 saturated heterocycles. The SMILES string of the molecule is O=S(=O)(OCCOCCOCCOCCOCCOCCOCCOCCOCCOCCBr)c1ccccc1. The van der Waals surface area contributed by atoms with E-state index in [1.54, 1.807) is 18.2 Å². The van der Waals surface area contributed by atoms with Crippen molar-refractivity contribution in [3.63, 3.8) is 0 Å². The normalized spacial score (nSPS) is 11.8. The summed E-state index contributed by atoms with van der Waals surface area (Å²) in [7, 11) is -3.75. The van der Waals surface area contributed by atoms with Gasteiger partial charge in [-0.25, -0.2) is 0 Å². The lowest BCUT2D eigenvalue weighted by atomic mass is 10.4. The Kier molecular flexibility index (Phi) is 26.4. The van der Waals surface area contributed by atoms with Crippen LogP contribution in [0.5, 0.6) is 0 Å². The molecule has 0 spiro atoms. The number of halogens is 1. The third-order valence-electron chi connectivity index (χ3n) is 4.70. The lowest BCUT2D eigenvalue weighted by Gasteiger charge is -2.09. The molecule has 234 valence electrons. The Hall–Kier alpha value is -0.750. The van der Waals surface area contributed by atoms with Gasteiger partial charge in [-0.1, -0.05) is 34.1 Å². The molecule has 0 bridgehead atoms. The molecule has 14 heteroatoms. The van der Waals surface area contributed by atoms with E-state index in [-0.39, 0.29) is 18.1 Å². The third kappa shape index (κ3) is 23.9. The molecule has 1 aromatic carbocycles. The molecule has 0 saturated carbocycles. The van der Waals surface area contributed by atoms with E-state index in [0.29, 0.717) is 112 Å². The molecular formula is C26H45BrO12S. The van der Waals surface area contributed by atoms with Crippen molar-refractivity contribution in [2.75, 3.05) is 131 Å². The first-order valence-electron chi connectivity index (χ1n) is 13.4. The Labute approximate surface area is 247 Å². The summed E-state index contributed by atoms with van der Waals surface area (Å²) in [4.78, 5) is 0.123. The van der Waals surface area contributed by atoms with Crippen LogP contribution < -0.4 is 0 Å². The van der Waals surface area contributed by atoms with Gasteiger partial charge in [0.25, 0.3) is 10.1 Å². The van der Waals surface area contributed by atoms with Crippen LogP contribution in [-0.4, -0.2) is 139 Å². The van der Waals surface area contributed by atoms with E-state index in [1.807, 2.05) is 0 Å². The second kappa shape index (κ2) is 28.4. The van der Waals surface area contributed by atoms with E-state index in [0.717, 1.165) is 5.33 Å². The number of hydrogen-bond donors (Lipinski definition) is 0. The smallest absolute Gasteiger partial charge is 0.297 e. The Morgan fingerprint density at radius 1 is 0.425 bits per heavy atom. The molecule has 0 radical (unpaired) electrons. The highest BCUT2D eigenvalue weighted by Crippen LogP contribution is 2.10. The molecule has 1 aromatic rings. The summed E-state index contributed by atoms with van der Waals surface area (Å²) in [5.41, 5.74) is 0. The number of benzene rings is 1. The zero-order chi connectivity index (χ0) is 28.8. The summed E-state index contributed by atoms with van der Waals surface area (Å²) < 4.78 is 77.3. The molecule has 12 nitrogen and oxygen atoms in total. The highest BCUT2D eigenvalue weighted by atomic mass is 79.9. The Morgan fingerprint density at radius 2 is 0.700 bits per heavy atom. The van der Waals surface area contributed by atoms with Crippen LogP contribution in [0, 0.1) is 0 Å². The molecule has 0 aliphatic rings.